The van der Waals surface area contributed by atoms with Crippen molar-refractivity contribution in [3.05, 3.63) is 11.6 Å². The Balaban J connectivity index is 1.82. The first-order chi connectivity index (χ1) is 11.1. The first-order valence-electron chi connectivity index (χ1n) is 9.39. The first-order valence-corrected chi connectivity index (χ1v) is 9.39. The van der Waals surface area contributed by atoms with E-state index in [1.54, 1.807) is 6.08 Å². The van der Waals surface area contributed by atoms with Crippen molar-refractivity contribution in [2.24, 2.45) is 22.7 Å². The van der Waals surface area contributed by atoms with Crippen molar-refractivity contribution in [2.45, 2.75) is 83.1 Å². The number of rotatable bonds is 0. The van der Waals surface area contributed by atoms with Crippen molar-refractivity contribution >= 4 is 5.78 Å². The molecule has 3 saturated carbocycles. The molecular formula is C20H29FO3. The summed E-state index contributed by atoms with van der Waals surface area (Å²) in [6.45, 7) is 5.79. The van der Waals surface area contributed by atoms with Gasteiger partial charge < -0.3 is 10.2 Å². The van der Waals surface area contributed by atoms with E-state index in [9.17, 15) is 15.0 Å². The standard InChI is InChI=1S/C20H29FO3/c1-17-8-6-13(22)10-12(17)4-5-15-14-7-9-19(3,24)18(14,2)11-16(23)20(15,17)21/h10,14-16,23-24H,4-9,11H2,1-3H3/t14-,15-,16-,17+,18+,19+,20-/m1/s1. The predicted molar refractivity (Wildman–Crippen MR) is 89.1 cm³/mol. The van der Waals surface area contributed by atoms with Crippen LogP contribution in [0.1, 0.15) is 65.7 Å². The van der Waals surface area contributed by atoms with Gasteiger partial charge in [0.15, 0.2) is 5.78 Å². The normalized spacial score (nSPS) is 57.0. The number of aliphatic hydroxyl groups is 2. The maximum atomic E-state index is 16.6. The van der Waals surface area contributed by atoms with Crippen molar-refractivity contribution in [3.8, 4) is 0 Å². The fourth-order valence-electron chi connectivity index (χ4n) is 6.79. The third-order valence-corrected chi connectivity index (χ3v) is 8.60. The molecule has 0 aliphatic heterocycles. The van der Waals surface area contributed by atoms with Crippen molar-refractivity contribution in [1.82, 2.24) is 0 Å². The number of carbonyl (C=O) groups excluding carboxylic acids is 1. The van der Waals surface area contributed by atoms with E-state index in [0.717, 1.165) is 18.4 Å². The van der Waals surface area contributed by atoms with Crippen LogP contribution in [0.15, 0.2) is 11.6 Å². The Kier molecular flexibility index (Phi) is 3.27. The maximum absolute atomic E-state index is 16.6. The largest absolute Gasteiger partial charge is 0.390 e. The Bertz CT molecular complexity index is 626. The fourth-order valence-corrected chi connectivity index (χ4v) is 6.79. The summed E-state index contributed by atoms with van der Waals surface area (Å²) in [4.78, 5) is 11.8. The molecule has 3 nitrogen and oxygen atoms in total. The van der Waals surface area contributed by atoms with Crippen LogP contribution < -0.4 is 0 Å². The van der Waals surface area contributed by atoms with Crippen LogP contribution in [0.3, 0.4) is 0 Å². The lowest BCUT2D eigenvalue weighted by Gasteiger charge is -2.63. The molecule has 0 aromatic heterocycles. The number of hydrogen-bond donors (Lipinski definition) is 2. The molecule has 2 N–H and O–H groups in total. The second-order valence-electron chi connectivity index (χ2n) is 9.44. The van der Waals surface area contributed by atoms with Crippen LogP contribution in [0.25, 0.3) is 0 Å². The minimum absolute atomic E-state index is 0.0865. The molecule has 4 rings (SSSR count). The van der Waals surface area contributed by atoms with Crippen LogP contribution in [0.4, 0.5) is 4.39 Å². The Hall–Kier alpha value is -0.740. The molecule has 0 spiro atoms. The van der Waals surface area contributed by atoms with Gasteiger partial charge >= 0.3 is 0 Å². The number of ketones is 1. The summed E-state index contributed by atoms with van der Waals surface area (Å²) in [6.07, 6.45) is 4.60. The number of carbonyl (C=O) groups is 1. The van der Waals surface area contributed by atoms with Crippen molar-refractivity contribution in [1.29, 1.82) is 0 Å². The van der Waals surface area contributed by atoms with E-state index < -0.39 is 28.2 Å². The number of fused-ring (bicyclic) bond motifs is 5. The molecule has 0 radical (unpaired) electrons. The Morgan fingerprint density at radius 2 is 1.83 bits per heavy atom. The summed E-state index contributed by atoms with van der Waals surface area (Å²) in [5, 5.41) is 21.9. The molecule has 0 aromatic carbocycles. The summed E-state index contributed by atoms with van der Waals surface area (Å²) < 4.78 is 16.6. The molecule has 0 amide bonds. The molecule has 3 fully saturated rings. The molecule has 0 heterocycles. The maximum Gasteiger partial charge on any atom is 0.155 e. The van der Waals surface area contributed by atoms with Gasteiger partial charge in [-0.2, -0.15) is 0 Å². The topological polar surface area (TPSA) is 57.5 Å². The molecule has 4 heteroatoms. The van der Waals surface area contributed by atoms with Gasteiger partial charge in [-0.3, -0.25) is 4.79 Å². The third kappa shape index (κ3) is 1.72. The van der Waals surface area contributed by atoms with E-state index in [2.05, 4.69) is 0 Å². The van der Waals surface area contributed by atoms with Gasteiger partial charge in [-0.25, -0.2) is 4.39 Å². The average molecular weight is 336 g/mol. The summed E-state index contributed by atoms with van der Waals surface area (Å²) in [6, 6.07) is 0. The van der Waals surface area contributed by atoms with Crippen LogP contribution in [0, 0.1) is 22.7 Å². The van der Waals surface area contributed by atoms with E-state index in [1.165, 1.54) is 0 Å². The minimum Gasteiger partial charge on any atom is -0.390 e. The van der Waals surface area contributed by atoms with Gasteiger partial charge in [0, 0.05) is 23.2 Å². The first kappa shape index (κ1) is 16.7. The van der Waals surface area contributed by atoms with Crippen LogP contribution >= 0.6 is 0 Å². The van der Waals surface area contributed by atoms with E-state index >= 15 is 4.39 Å². The molecule has 7 atom stereocenters. The number of alkyl halides is 1. The SMILES string of the molecule is C[C@]1(O)CC[C@@H]2[C@H]3CCC4=CC(=O)CC[C@]4(C)[C@]3(F)[C@H](O)C[C@@]21C. The van der Waals surface area contributed by atoms with E-state index in [-0.39, 0.29) is 17.6 Å². The van der Waals surface area contributed by atoms with Gasteiger partial charge in [0.05, 0.1) is 11.7 Å². The molecule has 0 unspecified atom stereocenters. The van der Waals surface area contributed by atoms with Gasteiger partial charge in [0.25, 0.3) is 0 Å². The zero-order chi connectivity index (χ0) is 17.5. The highest BCUT2D eigenvalue weighted by molar-refractivity contribution is 5.91. The lowest BCUT2D eigenvalue weighted by Crippen LogP contribution is -2.68. The number of aliphatic hydroxyl groups excluding tert-OH is 1. The monoisotopic (exact) mass is 336 g/mol. The summed E-state index contributed by atoms with van der Waals surface area (Å²) in [5.41, 5.74) is -2.83. The van der Waals surface area contributed by atoms with Crippen LogP contribution in [0.5, 0.6) is 0 Å². The van der Waals surface area contributed by atoms with Crippen molar-refractivity contribution in [3.63, 3.8) is 0 Å². The van der Waals surface area contributed by atoms with E-state index in [4.69, 9.17) is 0 Å². The average Bonchev–Trinajstić information content (AvgIpc) is 2.72. The molecule has 4 aliphatic carbocycles. The second kappa shape index (κ2) is 4.70. The van der Waals surface area contributed by atoms with Crippen LogP contribution in [0.2, 0.25) is 0 Å². The molecule has 0 aromatic rings. The molecule has 0 saturated heterocycles. The highest BCUT2D eigenvalue weighted by atomic mass is 19.1. The van der Waals surface area contributed by atoms with Gasteiger partial charge in [-0.1, -0.05) is 19.4 Å². The highest BCUT2D eigenvalue weighted by Gasteiger charge is 2.72. The van der Waals surface area contributed by atoms with E-state index in [0.29, 0.717) is 32.1 Å². The molecule has 4 aliphatic rings. The predicted octanol–water partition coefficient (Wildman–Crippen LogP) is 3.33. The summed E-state index contributed by atoms with van der Waals surface area (Å²) >= 11 is 0. The highest BCUT2D eigenvalue weighted by Crippen LogP contribution is 2.70. The van der Waals surface area contributed by atoms with Gasteiger partial charge in [0.2, 0.25) is 0 Å². The number of hydrogen-bond acceptors (Lipinski definition) is 3. The second-order valence-corrected chi connectivity index (χ2v) is 9.44. The van der Waals surface area contributed by atoms with Crippen LogP contribution in [-0.4, -0.2) is 33.4 Å². The van der Waals surface area contributed by atoms with Gasteiger partial charge in [-0.05, 0) is 57.4 Å². The Labute approximate surface area is 143 Å². The quantitative estimate of drug-likeness (QED) is 0.713. The van der Waals surface area contributed by atoms with Gasteiger partial charge in [-0.15, -0.1) is 0 Å². The van der Waals surface area contributed by atoms with Crippen molar-refractivity contribution in [2.75, 3.05) is 0 Å². The zero-order valence-corrected chi connectivity index (χ0v) is 14.9. The van der Waals surface area contributed by atoms with Crippen molar-refractivity contribution < 1.29 is 19.4 Å². The fraction of sp³-hybridized carbons (Fsp3) is 0.850. The number of allylic oxidation sites excluding steroid dienone is 1. The summed E-state index contributed by atoms with van der Waals surface area (Å²) in [5.74, 6) is -0.0593. The number of halogens is 1. The molecule has 0 bridgehead atoms. The Morgan fingerprint density at radius 3 is 2.54 bits per heavy atom. The smallest absolute Gasteiger partial charge is 0.155 e. The van der Waals surface area contributed by atoms with Crippen LogP contribution in [-0.2, 0) is 4.79 Å². The minimum atomic E-state index is -1.69. The third-order valence-electron chi connectivity index (χ3n) is 8.60. The van der Waals surface area contributed by atoms with E-state index in [1.807, 2.05) is 20.8 Å². The molecular weight excluding hydrogens is 307 g/mol. The molecule has 24 heavy (non-hydrogen) atoms. The molecule has 134 valence electrons. The zero-order valence-electron chi connectivity index (χ0n) is 14.9. The van der Waals surface area contributed by atoms with Gasteiger partial charge in [0.1, 0.15) is 5.67 Å². The lowest BCUT2D eigenvalue weighted by atomic mass is 9.44. The lowest BCUT2D eigenvalue weighted by molar-refractivity contribution is -0.225. The summed E-state index contributed by atoms with van der Waals surface area (Å²) in [7, 11) is 0. The Morgan fingerprint density at radius 1 is 1.12 bits per heavy atom.